The number of hydrogen-bond acceptors (Lipinski definition) is 4. The zero-order chi connectivity index (χ0) is 10.4. The predicted octanol–water partition coefficient (Wildman–Crippen LogP) is 1.96. The van der Waals surface area contributed by atoms with Crippen molar-refractivity contribution in [3.63, 3.8) is 0 Å². The number of aliphatic hydroxyl groups is 1. The molecule has 1 N–H and O–H groups in total. The first-order valence-electron chi connectivity index (χ1n) is 4.78. The highest BCUT2D eigenvalue weighted by Crippen LogP contribution is 2.15. The third-order valence-electron chi connectivity index (χ3n) is 1.75. The molecule has 0 radical (unpaired) electrons. The molecule has 0 unspecified atom stereocenters. The molecule has 0 aliphatic heterocycles. The van der Waals surface area contributed by atoms with E-state index in [9.17, 15) is 0 Å². The predicted molar refractivity (Wildman–Crippen MR) is 58.5 cm³/mol. The van der Waals surface area contributed by atoms with Crippen LogP contribution in [0.15, 0.2) is 11.2 Å². The van der Waals surface area contributed by atoms with Crippen molar-refractivity contribution in [2.24, 2.45) is 0 Å². The quantitative estimate of drug-likeness (QED) is 0.460. The lowest BCUT2D eigenvalue weighted by Gasteiger charge is -2.02. The molecule has 0 amide bonds. The Balaban J connectivity index is 2.42. The molecule has 4 heteroatoms. The molecule has 1 rings (SSSR count). The van der Waals surface area contributed by atoms with Crippen molar-refractivity contribution in [2.45, 2.75) is 31.8 Å². The van der Waals surface area contributed by atoms with E-state index in [1.165, 1.54) is 0 Å². The largest absolute Gasteiger partial charge is 0.396 e. The minimum Gasteiger partial charge on any atom is -0.396 e. The van der Waals surface area contributed by atoms with Crippen LogP contribution in [0.2, 0.25) is 0 Å². The Morgan fingerprint density at radius 3 is 2.43 bits per heavy atom. The molecule has 78 valence electrons. The Bertz CT molecular complexity index is 271. The smallest absolute Gasteiger partial charge is 0.187 e. The van der Waals surface area contributed by atoms with Crippen LogP contribution in [0.4, 0.5) is 0 Å². The fraction of sp³-hybridized carbons (Fsp3) is 0.600. The summed E-state index contributed by atoms with van der Waals surface area (Å²) in [4.78, 5) is 8.64. The van der Waals surface area contributed by atoms with E-state index in [2.05, 4.69) is 9.97 Å². The van der Waals surface area contributed by atoms with E-state index in [-0.39, 0.29) is 6.61 Å². The third kappa shape index (κ3) is 4.07. The Morgan fingerprint density at radius 1 is 1.21 bits per heavy atom. The highest BCUT2D eigenvalue weighted by molar-refractivity contribution is 7.99. The summed E-state index contributed by atoms with van der Waals surface area (Å²) in [5.74, 6) is 0.976. The van der Waals surface area contributed by atoms with Crippen LogP contribution >= 0.6 is 11.8 Å². The Labute approximate surface area is 89.0 Å². The second-order valence-corrected chi connectivity index (χ2v) is 4.27. The van der Waals surface area contributed by atoms with Gasteiger partial charge in [0.15, 0.2) is 5.16 Å². The summed E-state index contributed by atoms with van der Waals surface area (Å²) < 4.78 is 0. The first-order chi connectivity index (χ1) is 6.72. The molecule has 0 fully saturated rings. The van der Waals surface area contributed by atoms with Gasteiger partial charge in [0.2, 0.25) is 0 Å². The molecule has 0 aliphatic rings. The maximum absolute atomic E-state index is 8.61. The standard InChI is InChI=1S/C10H16N2OS/c1-8-7-9(2)12-10(11-8)14-6-4-3-5-13/h7,13H,3-6H2,1-2H3. The molecule has 3 nitrogen and oxygen atoms in total. The van der Waals surface area contributed by atoms with Gasteiger partial charge >= 0.3 is 0 Å². The lowest BCUT2D eigenvalue weighted by atomic mass is 10.4. The summed E-state index contributed by atoms with van der Waals surface area (Å²) in [6.45, 7) is 4.23. The Kier molecular flexibility index (Phi) is 4.90. The first-order valence-corrected chi connectivity index (χ1v) is 5.77. The fourth-order valence-corrected chi connectivity index (χ4v) is 2.08. The van der Waals surface area contributed by atoms with Crippen LogP contribution in [0.5, 0.6) is 0 Å². The molecule has 14 heavy (non-hydrogen) atoms. The van der Waals surface area contributed by atoms with Crippen LogP contribution in [-0.2, 0) is 0 Å². The lowest BCUT2D eigenvalue weighted by molar-refractivity contribution is 0.287. The van der Waals surface area contributed by atoms with Crippen molar-refractivity contribution in [2.75, 3.05) is 12.4 Å². The average molecular weight is 212 g/mol. The first kappa shape index (κ1) is 11.5. The number of rotatable bonds is 5. The van der Waals surface area contributed by atoms with Gasteiger partial charge in [0, 0.05) is 23.7 Å². The van der Waals surface area contributed by atoms with Crippen LogP contribution in [0, 0.1) is 13.8 Å². The second kappa shape index (κ2) is 5.98. The van der Waals surface area contributed by atoms with Crippen LogP contribution in [0.25, 0.3) is 0 Å². The molecular weight excluding hydrogens is 196 g/mol. The topological polar surface area (TPSA) is 46.0 Å². The minimum absolute atomic E-state index is 0.272. The van der Waals surface area contributed by atoms with Gasteiger partial charge in [-0.25, -0.2) is 9.97 Å². The van der Waals surface area contributed by atoms with Crippen molar-refractivity contribution in [1.29, 1.82) is 0 Å². The zero-order valence-corrected chi connectivity index (χ0v) is 9.47. The van der Waals surface area contributed by atoms with E-state index < -0.39 is 0 Å². The lowest BCUT2D eigenvalue weighted by Crippen LogP contribution is -1.94. The van der Waals surface area contributed by atoms with Crippen molar-refractivity contribution in [3.8, 4) is 0 Å². The number of unbranched alkanes of at least 4 members (excludes halogenated alkanes) is 1. The molecule has 0 aliphatic carbocycles. The summed E-state index contributed by atoms with van der Waals surface area (Å²) in [5.41, 5.74) is 2.03. The number of hydrogen-bond donors (Lipinski definition) is 1. The monoisotopic (exact) mass is 212 g/mol. The highest BCUT2D eigenvalue weighted by atomic mass is 32.2. The van der Waals surface area contributed by atoms with Crippen molar-refractivity contribution >= 4 is 11.8 Å². The summed E-state index contributed by atoms with van der Waals surface area (Å²) in [7, 11) is 0. The summed E-state index contributed by atoms with van der Waals surface area (Å²) in [6, 6.07) is 1.97. The molecular formula is C10H16N2OS. The molecule has 0 aromatic carbocycles. The zero-order valence-electron chi connectivity index (χ0n) is 8.66. The van der Waals surface area contributed by atoms with Gasteiger partial charge in [-0.3, -0.25) is 0 Å². The number of nitrogens with zero attached hydrogens (tertiary/aromatic N) is 2. The van der Waals surface area contributed by atoms with Gasteiger partial charge in [-0.2, -0.15) is 0 Å². The molecule has 0 atom stereocenters. The van der Waals surface area contributed by atoms with E-state index in [0.29, 0.717) is 0 Å². The van der Waals surface area contributed by atoms with Gasteiger partial charge in [-0.15, -0.1) is 0 Å². The summed E-state index contributed by atoms with van der Waals surface area (Å²) in [6.07, 6.45) is 1.87. The van der Waals surface area contributed by atoms with Gasteiger partial charge in [-0.05, 0) is 32.8 Å². The van der Waals surface area contributed by atoms with Crippen LogP contribution < -0.4 is 0 Å². The minimum atomic E-state index is 0.272. The van der Waals surface area contributed by atoms with Crippen LogP contribution in [0.3, 0.4) is 0 Å². The Hall–Kier alpha value is -0.610. The number of thioether (sulfide) groups is 1. The molecule has 1 aromatic rings. The van der Waals surface area contributed by atoms with Crippen LogP contribution in [-0.4, -0.2) is 27.4 Å². The summed E-state index contributed by atoms with van der Waals surface area (Å²) in [5, 5.41) is 9.46. The molecule has 1 aromatic heterocycles. The molecule has 0 saturated carbocycles. The SMILES string of the molecule is Cc1cc(C)nc(SCCCCO)n1. The van der Waals surface area contributed by atoms with E-state index >= 15 is 0 Å². The van der Waals surface area contributed by atoms with Gasteiger partial charge in [-0.1, -0.05) is 11.8 Å². The van der Waals surface area contributed by atoms with Crippen LogP contribution in [0.1, 0.15) is 24.2 Å². The van der Waals surface area contributed by atoms with E-state index in [1.54, 1.807) is 11.8 Å². The van der Waals surface area contributed by atoms with Gasteiger partial charge in [0.25, 0.3) is 0 Å². The van der Waals surface area contributed by atoms with Gasteiger partial charge < -0.3 is 5.11 Å². The normalized spacial score (nSPS) is 10.5. The number of aromatic nitrogens is 2. The highest BCUT2D eigenvalue weighted by Gasteiger charge is 1.99. The van der Waals surface area contributed by atoms with E-state index in [0.717, 1.165) is 35.1 Å². The number of aryl methyl sites for hydroxylation is 2. The average Bonchev–Trinajstić information content (AvgIpc) is 2.11. The van der Waals surface area contributed by atoms with Gasteiger partial charge in [0.1, 0.15) is 0 Å². The molecule has 1 heterocycles. The molecule has 0 bridgehead atoms. The molecule has 0 saturated heterocycles. The maximum atomic E-state index is 8.61. The van der Waals surface area contributed by atoms with Crippen molar-refractivity contribution in [3.05, 3.63) is 17.5 Å². The summed E-state index contributed by atoms with van der Waals surface area (Å²) >= 11 is 1.66. The van der Waals surface area contributed by atoms with E-state index in [1.807, 2.05) is 19.9 Å². The second-order valence-electron chi connectivity index (χ2n) is 3.21. The Morgan fingerprint density at radius 2 is 1.86 bits per heavy atom. The van der Waals surface area contributed by atoms with E-state index in [4.69, 9.17) is 5.11 Å². The fourth-order valence-electron chi connectivity index (χ4n) is 1.14. The van der Waals surface area contributed by atoms with Crippen molar-refractivity contribution in [1.82, 2.24) is 9.97 Å². The third-order valence-corrected chi connectivity index (χ3v) is 2.68. The maximum Gasteiger partial charge on any atom is 0.187 e. The molecule has 0 spiro atoms. The number of aliphatic hydroxyl groups excluding tert-OH is 1. The van der Waals surface area contributed by atoms with Gasteiger partial charge in [0.05, 0.1) is 0 Å². The van der Waals surface area contributed by atoms with Crippen molar-refractivity contribution < 1.29 is 5.11 Å².